The van der Waals surface area contributed by atoms with Crippen LogP contribution in [-0.4, -0.2) is 10.2 Å². The van der Waals surface area contributed by atoms with Crippen molar-refractivity contribution in [1.29, 1.82) is 0 Å². The molecule has 5 heteroatoms. The van der Waals surface area contributed by atoms with Crippen molar-refractivity contribution in [3.63, 3.8) is 0 Å². The molecule has 3 nitrogen and oxygen atoms in total. The Kier molecular flexibility index (Phi) is 3.07. The second-order valence-corrected chi connectivity index (χ2v) is 5.00. The van der Waals surface area contributed by atoms with E-state index in [1.54, 1.807) is 11.3 Å². The molecule has 2 aromatic heterocycles. The molecule has 0 aliphatic carbocycles. The topological polar surface area (TPSA) is 38.9 Å². The Morgan fingerprint density at radius 3 is 2.80 bits per heavy atom. The zero-order chi connectivity index (χ0) is 10.8. The predicted octanol–water partition coefficient (Wildman–Crippen LogP) is 3.66. The number of alkyl halides is 1. The van der Waals surface area contributed by atoms with Crippen molar-refractivity contribution in [2.24, 2.45) is 0 Å². The summed E-state index contributed by atoms with van der Waals surface area (Å²) in [5.41, 5.74) is 0. The first-order chi connectivity index (χ1) is 7.20. The summed E-state index contributed by atoms with van der Waals surface area (Å²) in [5.74, 6) is 1.03. The largest absolute Gasteiger partial charge is 0.418 e. The molecule has 2 heterocycles. The van der Waals surface area contributed by atoms with Gasteiger partial charge in [-0.05, 0) is 25.5 Å². The van der Waals surface area contributed by atoms with Gasteiger partial charge in [0.15, 0.2) is 0 Å². The maximum atomic E-state index is 5.84. The van der Waals surface area contributed by atoms with Gasteiger partial charge in [0, 0.05) is 4.88 Å². The molecule has 0 N–H and O–H groups in total. The molecule has 0 amide bonds. The maximum Gasteiger partial charge on any atom is 0.257 e. The molecule has 2 rings (SSSR count). The maximum absolute atomic E-state index is 5.84. The highest BCUT2D eigenvalue weighted by Gasteiger charge is 2.13. The Hall–Kier alpha value is -0.870. The van der Waals surface area contributed by atoms with Crippen LogP contribution in [0.2, 0.25) is 0 Å². The fourth-order valence-corrected chi connectivity index (χ4v) is 2.13. The number of hydrogen-bond donors (Lipinski definition) is 0. The van der Waals surface area contributed by atoms with E-state index in [2.05, 4.69) is 23.2 Å². The number of halogens is 1. The summed E-state index contributed by atoms with van der Waals surface area (Å²) in [6.07, 6.45) is 1.03. The molecule has 80 valence electrons. The molecule has 0 aliphatic rings. The van der Waals surface area contributed by atoms with Gasteiger partial charge in [0.25, 0.3) is 5.89 Å². The monoisotopic (exact) mass is 242 g/mol. The van der Waals surface area contributed by atoms with Crippen LogP contribution in [0.1, 0.15) is 30.0 Å². The number of rotatable bonds is 3. The Balaban J connectivity index is 2.28. The molecule has 0 saturated carbocycles. The summed E-state index contributed by atoms with van der Waals surface area (Å²) in [6.45, 7) is 3.93. The van der Waals surface area contributed by atoms with Crippen LogP contribution in [0, 0.1) is 0 Å². The van der Waals surface area contributed by atoms with E-state index in [9.17, 15) is 0 Å². The van der Waals surface area contributed by atoms with Crippen molar-refractivity contribution in [3.05, 3.63) is 22.9 Å². The van der Waals surface area contributed by atoms with Crippen LogP contribution < -0.4 is 0 Å². The van der Waals surface area contributed by atoms with Gasteiger partial charge in [-0.3, -0.25) is 0 Å². The van der Waals surface area contributed by atoms with Crippen molar-refractivity contribution in [2.45, 2.75) is 25.6 Å². The van der Waals surface area contributed by atoms with Gasteiger partial charge in [-0.2, -0.15) is 0 Å². The molecule has 15 heavy (non-hydrogen) atoms. The fraction of sp³-hybridized carbons (Fsp3) is 0.400. The van der Waals surface area contributed by atoms with Crippen molar-refractivity contribution in [3.8, 4) is 10.8 Å². The van der Waals surface area contributed by atoms with Crippen LogP contribution in [0.4, 0.5) is 0 Å². The molecule has 0 saturated heterocycles. The summed E-state index contributed by atoms with van der Waals surface area (Å²) in [6, 6.07) is 4.08. The molecule has 0 bridgehead atoms. The standard InChI is InChI=1S/C10H11ClN2OS/c1-3-7-4-5-8(15-7)10-13-12-9(14-10)6(2)11/h4-6H,3H2,1-2H3. The van der Waals surface area contributed by atoms with Crippen LogP contribution in [0.15, 0.2) is 16.5 Å². The zero-order valence-corrected chi connectivity index (χ0v) is 10.1. The average Bonchev–Trinajstić information content (AvgIpc) is 2.86. The Labute approximate surface area is 97.1 Å². The van der Waals surface area contributed by atoms with E-state index in [-0.39, 0.29) is 5.38 Å². The lowest BCUT2D eigenvalue weighted by atomic mass is 10.4. The molecule has 0 aliphatic heterocycles. The van der Waals surface area contributed by atoms with Crippen molar-refractivity contribution < 1.29 is 4.42 Å². The smallest absolute Gasteiger partial charge is 0.257 e. The molecule has 1 unspecified atom stereocenters. The number of aryl methyl sites for hydroxylation is 1. The van der Waals surface area contributed by atoms with Gasteiger partial charge in [0.2, 0.25) is 5.89 Å². The third-order valence-electron chi connectivity index (χ3n) is 2.00. The summed E-state index contributed by atoms with van der Waals surface area (Å²) in [4.78, 5) is 2.31. The number of aromatic nitrogens is 2. The lowest BCUT2D eigenvalue weighted by Crippen LogP contribution is -1.81. The molecular formula is C10H11ClN2OS. The van der Waals surface area contributed by atoms with Crippen molar-refractivity contribution in [2.75, 3.05) is 0 Å². The van der Waals surface area contributed by atoms with Crippen LogP contribution in [0.3, 0.4) is 0 Å². The number of nitrogens with zero attached hydrogens (tertiary/aromatic N) is 2. The highest BCUT2D eigenvalue weighted by atomic mass is 35.5. The minimum Gasteiger partial charge on any atom is -0.418 e. The van der Waals surface area contributed by atoms with E-state index in [0.29, 0.717) is 11.8 Å². The van der Waals surface area contributed by atoms with Crippen molar-refractivity contribution >= 4 is 22.9 Å². The molecule has 0 radical (unpaired) electrons. The van der Waals surface area contributed by atoms with E-state index in [1.165, 1.54) is 4.88 Å². The third kappa shape index (κ3) is 2.21. The SMILES string of the molecule is CCc1ccc(-c2nnc(C(C)Cl)o2)s1. The minimum absolute atomic E-state index is 0.239. The van der Waals surface area contributed by atoms with Gasteiger partial charge in [-0.1, -0.05) is 6.92 Å². The summed E-state index contributed by atoms with van der Waals surface area (Å²) in [5, 5.41) is 7.61. The van der Waals surface area contributed by atoms with E-state index in [1.807, 2.05) is 13.0 Å². The summed E-state index contributed by atoms with van der Waals surface area (Å²) >= 11 is 7.52. The lowest BCUT2D eigenvalue weighted by Gasteiger charge is -1.91. The first-order valence-corrected chi connectivity index (χ1v) is 6.02. The van der Waals surface area contributed by atoms with Gasteiger partial charge >= 0.3 is 0 Å². The second kappa shape index (κ2) is 4.33. The van der Waals surface area contributed by atoms with E-state index in [0.717, 1.165) is 11.3 Å². The molecule has 0 aromatic carbocycles. The quantitative estimate of drug-likeness (QED) is 0.771. The molecule has 1 atom stereocenters. The minimum atomic E-state index is -0.239. The normalized spacial score (nSPS) is 13.0. The molecular weight excluding hydrogens is 232 g/mol. The van der Waals surface area contributed by atoms with Crippen LogP contribution in [0.5, 0.6) is 0 Å². The zero-order valence-electron chi connectivity index (χ0n) is 8.53. The van der Waals surface area contributed by atoms with Gasteiger partial charge in [0.05, 0.1) is 4.88 Å². The lowest BCUT2D eigenvalue weighted by molar-refractivity contribution is 0.508. The molecule has 2 aromatic rings. The Morgan fingerprint density at radius 2 is 2.27 bits per heavy atom. The fourth-order valence-electron chi connectivity index (χ4n) is 1.18. The van der Waals surface area contributed by atoms with E-state index < -0.39 is 0 Å². The van der Waals surface area contributed by atoms with E-state index >= 15 is 0 Å². The van der Waals surface area contributed by atoms with Crippen LogP contribution in [0.25, 0.3) is 10.8 Å². The number of thiophene rings is 1. The number of hydrogen-bond acceptors (Lipinski definition) is 4. The first-order valence-electron chi connectivity index (χ1n) is 4.77. The Morgan fingerprint density at radius 1 is 1.47 bits per heavy atom. The van der Waals surface area contributed by atoms with Crippen LogP contribution >= 0.6 is 22.9 Å². The van der Waals surface area contributed by atoms with E-state index in [4.69, 9.17) is 16.0 Å². The van der Waals surface area contributed by atoms with Gasteiger partial charge in [-0.15, -0.1) is 33.1 Å². The summed E-state index contributed by atoms with van der Waals surface area (Å²) in [7, 11) is 0. The Bertz CT molecular complexity index is 450. The first kappa shape index (κ1) is 10.6. The van der Waals surface area contributed by atoms with Gasteiger partial charge < -0.3 is 4.42 Å². The second-order valence-electron chi connectivity index (χ2n) is 3.18. The van der Waals surface area contributed by atoms with Crippen molar-refractivity contribution in [1.82, 2.24) is 10.2 Å². The summed E-state index contributed by atoms with van der Waals surface area (Å²) < 4.78 is 5.45. The van der Waals surface area contributed by atoms with Crippen LogP contribution in [-0.2, 0) is 6.42 Å². The average molecular weight is 243 g/mol. The predicted molar refractivity (Wildman–Crippen MR) is 61.3 cm³/mol. The highest BCUT2D eigenvalue weighted by Crippen LogP contribution is 2.29. The van der Waals surface area contributed by atoms with Gasteiger partial charge in [-0.25, -0.2) is 0 Å². The third-order valence-corrected chi connectivity index (χ3v) is 3.41. The molecule has 0 fully saturated rings. The van der Waals surface area contributed by atoms with Gasteiger partial charge in [0.1, 0.15) is 5.38 Å². The highest BCUT2D eigenvalue weighted by molar-refractivity contribution is 7.15. The molecule has 0 spiro atoms.